The number of hydrogen-bond donors (Lipinski definition) is 3. The number of imidazole rings is 2. The van der Waals surface area contributed by atoms with Crippen LogP contribution in [0.25, 0.3) is 22.2 Å². The molecular weight excluding hydrogens is 652 g/mol. The number of methoxy groups -OCH3 is 2. The predicted molar refractivity (Wildman–Crippen MR) is 189 cm³/mol. The van der Waals surface area contributed by atoms with Gasteiger partial charge in [-0.15, -0.1) is 0 Å². The van der Waals surface area contributed by atoms with Crippen LogP contribution < -0.4 is 5.32 Å². The monoisotopic (exact) mass is 692 g/mol. The van der Waals surface area contributed by atoms with Crippen LogP contribution in [0, 0.1) is 17.8 Å². The number of carbonyl (C=O) groups is 4. The van der Waals surface area contributed by atoms with E-state index in [0.717, 1.165) is 59.2 Å². The van der Waals surface area contributed by atoms with Crippen molar-refractivity contribution < 1.29 is 28.7 Å². The second-order valence-electron chi connectivity index (χ2n) is 12.6. The number of nitrogens with one attached hydrogen (secondary N) is 3. The number of ether oxygens (including phenoxy) is 2. The molecule has 3 N–H and O–H groups in total. The minimum atomic E-state index is -0.738. The van der Waals surface area contributed by atoms with Crippen LogP contribution in [0.15, 0.2) is 53.7 Å². The van der Waals surface area contributed by atoms with Gasteiger partial charge in [0.15, 0.2) is 0 Å². The lowest BCUT2D eigenvalue weighted by atomic mass is 10.0. The normalized spacial score (nSPS) is 18.4. The number of carbonyl (C=O) groups excluding carboxylic acids is 4. The van der Waals surface area contributed by atoms with Gasteiger partial charge in [0.25, 0.3) is 0 Å². The topological polar surface area (TPSA) is 175 Å². The van der Waals surface area contributed by atoms with Gasteiger partial charge in [-0.1, -0.05) is 24.1 Å². The number of aliphatic imine (C=N–C) groups is 1. The zero-order valence-electron chi connectivity index (χ0n) is 28.9. The highest BCUT2D eigenvalue weighted by Gasteiger charge is 2.35. The fraction of sp³-hybridized carbons (Fsp3) is 0.378. The highest BCUT2D eigenvalue weighted by atomic mass is 16.5. The molecule has 4 amide bonds. The average Bonchev–Trinajstić information content (AvgIpc) is 3.98. The third-order valence-electron chi connectivity index (χ3n) is 9.22. The van der Waals surface area contributed by atoms with Crippen molar-refractivity contribution in [2.45, 2.75) is 57.7 Å². The van der Waals surface area contributed by atoms with Crippen LogP contribution >= 0.6 is 0 Å². The standard InChI is InChI=1S/C37H40N8O6/c1-22(20-39-36(48)50-3)34(46)44-17-6-8-31(44)33-42-28-16-14-26(19-29(28)43-33)25-12-9-24(10-13-25)11-15-27-21-38-32(41-27)30-7-5-18-45(30)35(47)23(2)40-37(49)51-4/h9-10,12-14,16,19-23,30-31H,5-8,17-18H2,1-4H3,(H,38,41)(H,40,49)(H,42,43). The second-order valence-corrected chi connectivity index (χ2v) is 12.6. The lowest BCUT2D eigenvalue weighted by Gasteiger charge is -2.26. The molecule has 0 bridgehead atoms. The lowest BCUT2D eigenvalue weighted by Crippen LogP contribution is -2.46. The van der Waals surface area contributed by atoms with Gasteiger partial charge in [-0.2, -0.15) is 4.99 Å². The molecule has 4 heterocycles. The molecule has 0 saturated carbocycles. The third kappa shape index (κ3) is 7.77. The number of aromatic nitrogens is 4. The van der Waals surface area contributed by atoms with Crippen LogP contribution in [-0.4, -0.2) is 93.3 Å². The number of amides is 4. The van der Waals surface area contributed by atoms with Crippen molar-refractivity contribution >= 4 is 41.2 Å². The van der Waals surface area contributed by atoms with Crippen LogP contribution in [0.5, 0.6) is 0 Å². The highest BCUT2D eigenvalue weighted by Crippen LogP contribution is 2.34. The maximum absolute atomic E-state index is 13.2. The van der Waals surface area contributed by atoms with Crippen LogP contribution in [0.2, 0.25) is 0 Å². The Morgan fingerprint density at radius 2 is 1.59 bits per heavy atom. The Balaban J connectivity index is 1.11. The molecule has 14 heteroatoms. The maximum Gasteiger partial charge on any atom is 0.432 e. The maximum atomic E-state index is 13.2. The van der Waals surface area contributed by atoms with E-state index in [4.69, 9.17) is 4.98 Å². The fourth-order valence-corrected chi connectivity index (χ4v) is 6.55. The van der Waals surface area contributed by atoms with Crippen molar-refractivity contribution in [2.24, 2.45) is 10.9 Å². The molecule has 264 valence electrons. The van der Waals surface area contributed by atoms with Gasteiger partial charge in [0, 0.05) is 24.9 Å². The molecule has 14 nitrogen and oxygen atoms in total. The molecule has 2 aromatic heterocycles. The molecule has 0 aliphatic carbocycles. The first-order chi connectivity index (χ1) is 24.6. The summed E-state index contributed by atoms with van der Waals surface area (Å²) in [5, 5.41) is 2.54. The number of likely N-dealkylation sites (tertiary alicyclic amines) is 2. The summed E-state index contributed by atoms with van der Waals surface area (Å²) in [6.07, 6.45) is 4.84. The number of alkyl carbamates (subject to hydrolysis) is 1. The number of aromatic amines is 2. The number of H-pyrrole nitrogens is 2. The summed E-state index contributed by atoms with van der Waals surface area (Å²) < 4.78 is 9.16. The van der Waals surface area contributed by atoms with Crippen molar-refractivity contribution in [2.75, 3.05) is 27.3 Å². The van der Waals surface area contributed by atoms with Crippen LogP contribution in [-0.2, 0) is 19.1 Å². The summed E-state index contributed by atoms with van der Waals surface area (Å²) in [4.78, 5) is 72.4. The Morgan fingerprint density at radius 3 is 2.29 bits per heavy atom. The highest BCUT2D eigenvalue weighted by molar-refractivity contribution is 5.96. The molecule has 4 aromatic rings. The van der Waals surface area contributed by atoms with Gasteiger partial charge in [-0.05, 0) is 80.8 Å². The minimum absolute atomic E-state index is 0.115. The summed E-state index contributed by atoms with van der Waals surface area (Å²) in [7, 11) is 2.51. The van der Waals surface area contributed by atoms with Crippen molar-refractivity contribution in [1.29, 1.82) is 0 Å². The first-order valence-electron chi connectivity index (χ1n) is 16.9. The van der Waals surface area contributed by atoms with Crippen molar-refractivity contribution in [3.63, 3.8) is 0 Å². The molecule has 2 aromatic carbocycles. The molecule has 4 unspecified atom stereocenters. The van der Waals surface area contributed by atoms with E-state index < -0.39 is 24.1 Å². The summed E-state index contributed by atoms with van der Waals surface area (Å²) in [6, 6.07) is 12.9. The Hall–Kier alpha value is -5.97. The Morgan fingerprint density at radius 1 is 0.902 bits per heavy atom. The van der Waals surface area contributed by atoms with E-state index in [2.05, 4.69) is 52.6 Å². The van der Waals surface area contributed by atoms with E-state index >= 15 is 0 Å². The van der Waals surface area contributed by atoms with Crippen molar-refractivity contribution in [1.82, 2.24) is 35.1 Å². The Kier molecular flexibility index (Phi) is 10.5. The second kappa shape index (κ2) is 15.3. The van der Waals surface area contributed by atoms with Gasteiger partial charge in [0.2, 0.25) is 11.8 Å². The SMILES string of the molecule is COC(=O)N=CC(C)C(=O)N1CCCC1c1nc2ccc(-c3ccc(C#Cc4cnc(C5CCCN5C(=O)C(C)NC(=O)OC)[nH]4)cc3)cc2[nH]1. The fourth-order valence-electron chi connectivity index (χ4n) is 6.55. The van der Waals surface area contributed by atoms with Gasteiger partial charge in [0.1, 0.15) is 23.4 Å². The zero-order valence-corrected chi connectivity index (χ0v) is 28.9. The molecule has 0 radical (unpaired) electrons. The van der Waals surface area contributed by atoms with E-state index in [9.17, 15) is 19.2 Å². The molecule has 51 heavy (non-hydrogen) atoms. The largest absolute Gasteiger partial charge is 0.453 e. The summed E-state index contributed by atoms with van der Waals surface area (Å²) in [5.74, 6) is 6.84. The number of hydrogen-bond acceptors (Lipinski definition) is 8. The van der Waals surface area contributed by atoms with E-state index in [1.54, 1.807) is 29.8 Å². The van der Waals surface area contributed by atoms with E-state index in [0.29, 0.717) is 24.6 Å². The molecule has 2 fully saturated rings. The number of rotatable bonds is 7. The van der Waals surface area contributed by atoms with Gasteiger partial charge in [-0.3, -0.25) is 9.59 Å². The molecule has 2 aliphatic rings. The van der Waals surface area contributed by atoms with Crippen molar-refractivity contribution in [3.05, 3.63) is 71.6 Å². The predicted octanol–water partition coefficient (Wildman–Crippen LogP) is 4.90. The van der Waals surface area contributed by atoms with Gasteiger partial charge >= 0.3 is 12.2 Å². The molecule has 6 rings (SSSR count). The summed E-state index contributed by atoms with van der Waals surface area (Å²) in [5.41, 5.74) is 5.18. The quantitative estimate of drug-likeness (QED) is 0.181. The van der Waals surface area contributed by atoms with Gasteiger partial charge < -0.3 is 34.6 Å². The third-order valence-corrected chi connectivity index (χ3v) is 9.22. The molecule has 4 atom stereocenters. The molecular formula is C37H40N8O6. The summed E-state index contributed by atoms with van der Waals surface area (Å²) >= 11 is 0. The first kappa shape index (κ1) is 34.9. The minimum Gasteiger partial charge on any atom is -0.453 e. The molecule has 2 aliphatic heterocycles. The van der Waals surface area contributed by atoms with Gasteiger partial charge in [0.05, 0.1) is 49.5 Å². The average molecular weight is 693 g/mol. The number of fused-ring (bicyclic) bond motifs is 1. The number of benzene rings is 2. The summed E-state index contributed by atoms with van der Waals surface area (Å²) in [6.45, 7) is 4.54. The van der Waals surface area contributed by atoms with E-state index in [1.165, 1.54) is 20.4 Å². The van der Waals surface area contributed by atoms with Crippen LogP contribution in [0.4, 0.5) is 9.59 Å². The van der Waals surface area contributed by atoms with Crippen LogP contribution in [0.3, 0.4) is 0 Å². The zero-order chi connectivity index (χ0) is 36.1. The molecule has 2 saturated heterocycles. The van der Waals surface area contributed by atoms with Crippen molar-refractivity contribution in [3.8, 4) is 23.0 Å². The smallest absolute Gasteiger partial charge is 0.432 e. The van der Waals surface area contributed by atoms with E-state index in [1.807, 2.05) is 36.4 Å². The lowest BCUT2D eigenvalue weighted by molar-refractivity contribution is -0.134. The Bertz CT molecular complexity index is 2020. The van der Waals surface area contributed by atoms with Gasteiger partial charge in [-0.25, -0.2) is 19.6 Å². The van der Waals surface area contributed by atoms with E-state index in [-0.39, 0.29) is 23.9 Å². The number of nitrogens with zero attached hydrogens (tertiary/aromatic N) is 5. The van der Waals surface area contributed by atoms with Crippen LogP contribution in [0.1, 0.15) is 74.5 Å². The Labute approximate surface area is 295 Å². The first-order valence-corrected chi connectivity index (χ1v) is 16.9. The molecule has 0 spiro atoms.